The number of amides is 1. The topological polar surface area (TPSA) is 82.8 Å². The standard InChI is InChI=1S/C20H18N2O5/c1-24-15-6-4-5-13(9-15)18-10-14(22-27-18)11-21-20(23)19-12-25-16-7-2-3-8-17(16)26-19/h2-10,19H,11-12H2,1H3,(H,21,23). The molecule has 0 fully saturated rings. The third-order valence-corrected chi connectivity index (χ3v) is 4.16. The van der Waals surface area contributed by atoms with E-state index in [0.29, 0.717) is 23.0 Å². The van der Waals surface area contributed by atoms with Crippen molar-refractivity contribution in [1.29, 1.82) is 0 Å². The third kappa shape index (κ3) is 3.72. The van der Waals surface area contributed by atoms with Crippen molar-refractivity contribution in [2.45, 2.75) is 12.6 Å². The highest BCUT2D eigenvalue weighted by atomic mass is 16.6. The molecule has 0 saturated heterocycles. The highest BCUT2D eigenvalue weighted by molar-refractivity contribution is 5.81. The second-order valence-corrected chi connectivity index (χ2v) is 6.00. The molecular formula is C20H18N2O5. The summed E-state index contributed by atoms with van der Waals surface area (Å²) in [5, 5.41) is 6.79. The number of rotatable bonds is 5. The van der Waals surface area contributed by atoms with Gasteiger partial charge in [-0.2, -0.15) is 0 Å². The van der Waals surface area contributed by atoms with Crippen LogP contribution in [0.1, 0.15) is 5.69 Å². The average molecular weight is 366 g/mol. The van der Waals surface area contributed by atoms with Gasteiger partial charge in [0, 0.05) is 11.6 Å². The van der Waals surface area contributed by atoms with E-state index in [9.17, 15) is 4.79 Å². The predicted molar refractivity (Wildman–Crippen MR) is 96.7 cm³/mol. The summed E-state index contributed by atoms with van der Waals surface area (Å²) in [5.74, 6) is 2.26. The summed E-state index contributed by atoms with van der Waals surface area (Å²) in [5.41, 5.74) is 1.46. The summed E-state index contributed by atoms with van der Waals surface area (Å²) in [4.78, 5) is 12.4. The smallest absolute Gasteiger partial charge is 0.265 e. The number of ether oxygens (including phenoxy) is 3. The van der Waals surface area contributed by atoms with Gasteiger partial charge in [-0.05, 0) is 24.3 Å². The number of hydrogen-bond acceptors (Lipinski definition) is 6. The zero-order chi connectivity index (χ0) is 18.6. The molecule has 138 valence electrons. The van der Waals surface area contributed by atoms with Crippen molar-refractivity contribution < 1.29 is 23.5 Å². The fraction of sp³-hybridized carbons (Fsp3) is 0.200. The molecule has 1 unspecified atom stereocenters. The average Bonchev–Trinajstić information content (AvgIpc) is 3.21. The second kappa shape index (κ2) is 7.41. The number of aromatic nitrogens is 1. The van der Waals surface area contributed by atoms with Gasteiger partial charge in [-0.3, -0.25) is 4.79 Å². The first-order chi connectivity index (χ1) is 13.2. The van der Waals surface area contributed by atoms with Crippen molar-refractivity contribution in [3.8, 4) is 28.6 Å². The van der Waals surface area contributed by atoms with Gasteiger partial charge in [0.15, 0.2) is 17.3 Å². The minimum atomic E-state index is -0.704. The highest BCUT2D eigenvalue weighted by Gasteiger charge is 2.27. The van der Waals surface area contributed by atoms with Gasteiger partial charge in [-0.15, -0.1) is 0 Å². The van der Waals surface area contributed by atoms with Gasteiger partial charge in [0.25, 0.3) is 5.91 Å². The normalized spacial score (nSPS) is 15.2. The SMILES string of the molecule is COc1cccc(-c2cc(CNC(=O)C3COc4ccccc4O3)no2)c1. The molecule has 4 rings (SSSR count). The highest BCUT2D eigenvalue weighted by Crippen LogP contribution is 2.31. The Morgan fingerprint density at radius 2 is 2.04 bits per heavy atom. The van der Waals surface area contributed by atoms with E-state index in [2.05, 4.69) is 10.5 Å². The molecule has 1 aliphatic rings. The number of methoxy groups -OCH3 is 1. The van der Waals surface area contributed by atoms with E-state index in [1.165, 1.54) is 0 Å². The van der Waals surface area contributed by atoms with Crippen LogP contribution in [0.15, 0.2) is 59.1 Å². The van der Waals surface area contributed by atoms with Crippen molar-refractivity contribution >= 4 is 5.91 Å². The molecule has 7 nitrogen and oxygen atoms in total. The van der Waals surface area contributed by atoms with Crippen LogP contribution in [-0.2, 0) is 11.3 Å². The molecule has 1 N–H and O–H groups in total. The first-order valence-corrected chi connectivity index (χ1v) is 8.49. The first kappa shape index (κ1) is 17.0. The lowest BCUT2D eigenvalue weighted by atomic mass is 10.1. The Hall–Kier alpha value is -3.48. The van der Waals surface area contributed by atoms with E-state index in [1.54, 1.807) is 25.3 Å². The van der Waals surface area contributed by atoms with E-state index in [0.717, 1.165) is 11.3 Å². The molecule has 0 aliphatic carbocycles. The Morgan fingerprint density at radius 3 is 2.89 bits per heavy atom. The van der Waals surface area contributed by atoms with Crippen LogP contribution in [0.2, 0.25) is 0 Å². The summed E-state index contributed by atoms with van der Waals surface area (Å²) >= 11 is 0. The van der Waals surface area contributed by atoms with Crippen molar-refractivity contribution in [2.24, 2.45) is 0 Å². The molecular weight excluding hydrogens is 348 g/mol. The van der Waals surface area contributed by atoms with Gasteiger partial charge in [-0.25, -0.2) is 0 Å². The molecule has 1 atom stereocenters. The van der Waals surface area contributed by atoms with Gasteiger partial charge >= 0.3 is 0 Å². The van der Waals surface area contributed by atoms with Gasteiger partial charge in [0.1, 0.15) is 18.1 Å². The summed E-state index contributed by atoms with van der Waals surface area (Å²) in [7, 11) is 1.61. The first-order valence-electron chi connectivity index (χ1n) is 8.49. The Balaban J connectivity index is 1.37. The number of para-hydroxylation sites is 2. The molecule has 1 amide bonds. The molecule has 0 bridgehead atoms. The van der Waals surface area contributed by atoms with Crippen LogP contribution in [0.25, 0.3) is 11.3 Å². The molecule has 2 aromatic carbocycles. The van der Waals surface area contributed by atoms with Crippen LogP contribution in [-0.4, -0.2) is 30.9 Å². The van der Waals surface area contributed by atoms with Crippen molar-refractivity contribution in [1.82, 2.24) is 10.5 Å². The van der Waals surface area contributed by atoms with Crippen LogP contribution in [0.4, 0.5) is 0 Å². The molecule has 2 heterocycles. The van der Waals surface area contributed by atoms with E-state index in [-0.39, 0.29) is 19.1 Å². The Labute approximate surface area is 155 Å². The molecule has 1 aliphatic heterocycles. The largest absolute Gasteiger partial charge is 0.497 e. The fourth-order valence-electron chi connectivity index (χ4n) is 2.75. The number of hydrogen-bond donors (Lipinski definition) is 1. The van der Waals surface area contributed by atoms with E-state index in [4.69, 9.17) is 18.7 Å². The molecule has 1 aromatic heterocycles. The second-order valence-electron chi connectivity index (χ2n) is 6.00. The number of fused-ring (bicyclic) bond motifs is 1. The predicted octanol–water partition coefficient (Wildman–Crippen LogP) is 2.81. The summed E-state index contributed by atoms with van der Waals surface area (Å²) in [6.07, 6.45) is -0.704. The Bertz CT molecular complexity index is 953. The van der Waals surface area contributed by atoms with Crippen molar-refractivity contribution in [3.05, 3.63) is 60.3 Å². The quantitative estimate of drug-likeness (QED) is 0.748. The summed E-state index contributed by atoms with van der Waals surface area (Å²) in [6.45, 7) is 0.393. The maximum Gasteiger partial charge on any atom is 0.265 e. The van der Waals surface area contributed by atoms with E-state index in [1.807, 2.05) is 36.4 Å². The van der Waals surface area contributed by atoms with Crippen LogP contribution in [0.5, 0.6) is 17.2 Å². The molecule has 7 heteroatoms. The van der Waals surface area contributed by atoms with E-state index < -0.39 is 6.10 Å². The van der Waals surface area contributed by atoms with Gasteiger partial charge in [0.2, 0.25) is 6.10 Å². The monoisotopic (exact) mass is 366 g/mol. The van der Waals surface area contributed by atoms with Gasteiger partial charge in [0.05, 0.1) is 13.7 Å². The number of benzene rings is 2. The molecule has 0 spiro atoms. The maximum atomic E-state index is 12.4. The number of nitrogens with one attached hydrogen (secondary N) is 1. The summed E-state index contributed by atoms with van der Waals surface area (Å²) in [6, 6.07) is 16.5. The molecule has 3 aromatic rings. The lowest BCUT2D eigenvalue weighted by molar-refractivity contribution is -0.130. The number of carbonyl (C=O) groups excluding carboxylic acids is 1. The molecule has 0 saturated carbocycles. The Morgan fingerprint density at radius 1 is 1.19 bits per heavy atom. The van der Waals surface area contributed by atoms with Crippen LogP contribution in [0, 0.1) is 0 Å². The third-order valence-electron chi connectivity index (χ3n) is 4.16. The minimum absolute atomic E-state index is 0.163. The molecule has 0 radical (unpaired) electrons. The fourth-order valence-corrected chi connectivity index (χ4v) is 2.75. The van der Waals surface area contributed by atoms with Crippen molar-refractivity contribution in [3.63, 3.8) is 0 Å². The lowest BCUT2D eigenvalue weighted by Crippen LogP contribution is -2.43. The van der Waals surface area contributed by atoms with Gasteiger partial charge in [-0.1, -0.05) is 29.4 Å². The zero-order valence-corrected chi connectivity index (χ0v) is 14.7. The lowest BCUT2D eigenvalue weighted by Gasteiger charge is -2.25. The van der Waals surface area contributed by atoms with Crippen molar-refractivity contribution in [2.75, 3.05) is 13.7 Å². The molecule has 27 heavy (non-hydrogen) atoms. The van der Waals surface area contributed by atoms with Crippen LogP contribution in [0.3, 0.4) is 0 Å². The van der Waals surface area contributed by atoms with Gasteiger partial charge < -0.3 is 24.1 Å². The van der Waals surface area contributed by atoms with E-state index >= 15 is 0 Å². The van der Waals surface area contributed by atoms with Crippen LogP contribution >= 0.6 is 0 Å². The zero-order valence-electron chi connectivity index (χ0n) is 14.7. The number of nitrogens with zero attached hydrogens (tertiary/aromatic N) is 1. The number of carbonyl (C=O) groups is 1. The summed E-state index contributed by atoms with van der Waals surface area (Å²) < 4.78 is 21.8. The Kier molecular flexibility index (Phi) is 4.65. The maximum absolute atomic E-state index is 12.4. The minimum Gasteiger partial charge on any atom is -0.497 e. The van der Waals surface area contributed by atoms with Crippen LogP contribution < -0.4 is 19.5 Å².